The van der Waals surface area contributed by atoms with Gasteiger partial charge in [0.1, 0.15) is 4.21 Å². The molecular formula is C9H9NO2S2. The summed E-state index contributed by atoms with van der Waals surface area (Å²) in [5, 5.41) is 0.964. The van der Waals surface area contributed by atoms with Gasteiger partial charge in [-0.1, -0.05) is 18.2 Å². The topological polar surface area (TPSA) is 46.2 Å². The quantitative estimate of drug-likeness (QED) is 0.850. The first kappa shape index (κ1) is 9.64. The van der Waals surface area contributed by atoms with Gasteiger partial charge < -0.3 is 0 Å². The maximum Gasteiger partial charge on any atom is 0.249 e. The number of fused-ring (bicyclic) bond motifs is 1. The van der Waals surface area contributed by atoms with Crippen LogP contribution in [0.15, 0.2) is 34.5 Å². The average molecular weight is 227 g/mol. The van der Waals surface area contributed by atoms with E-state index in [4.69, 9.17) is 0 Å². The van der Waals surface area contributed by atoms with Crippen molar-refractivity contribution in [3.8, 4) is 0 Å². The molecule has 0 bridgehead atoms. The molecule has 0 saturated carbocycles. The van der Waals surface area contributed by atoms with Crippen LogP contribution in [0.4, 0.5) is 0 Å². The Kier molecular flexibility index (Phi) is 2.30. The minimum atomic E-state index is -3.29. The van der Waals surface area contributed by atoms with Gasteiger partial charge in [0.25, 0.3) is 0 Å². The summed E-state index contributed by atoms with van der Waals surface area (Å²) in [7, 11) is -1.88. The third-order valence-corrected chi connectivity index (χ3v) is 4.94. The monoisotopic (exact) mass is 227 g/mol. The number of rotatable bonds is 2. The zero-order chi connectivity index (χ0) is 10.2. The lowest BCUT2D eigenvalue weighted by molar-refractivity contribution is 0.590. The summed E-state index contributed by atoms with van der Waals surface area (Å²) < 4.78 is 26.6. The summed E-state index contributed by atoms with van der Waals surface area (Å²) >= 11 is 1.28. The van der Waals surface area contributed by atoms with E-state index in [-0.39, 0.29) is 0 Å². The Labute approximate surface area is 86.4 Å². The third kappa shape index (κ3) is 1.54. The van der Waals surface area contributed by atoms with Crippen molar-refractivity contribution in [2.45, 2.75) is 4.21 Å². The van der Waals surface area contributed by atoms with Gasteiger partial charge in [0.2, 0.25) is 10.0 Å². The third-order valence-electron chi connectivity index (χ3n) is 1.94. The minimum Gasteiger partial charge on any atom is -0.214 e. The molecule has 0 radical (unpaired) electrons. The lowest BCUT2D eigenvalue weighted by Gasteiger charge is -1.95. The van der Waals surface area contributed by atoms with E-state index in [0.29, 0.717) is 4.21 Å². The van der Waals surface area contributed by atoms with Gasteiger partial charge in [-0.05, 0) is 24.6 Å². The molecule has 1 aromatic heterocycles. The molecule has 1 heterocycles. The van der Waals surface area contributed by atoms with Gasteiger partial charge in [-0.25, -0.2) is 13.1 Å². The molecule has 0 fully saturated rings. The highest BCUT2D eigenvalue weighted by Gasteiger charge is 2.14. The molecule has 14 heavy (non-hydrogen) atoms. The van der Waals surface area contributed by atoms with E-state index in [1.165, 1.54) is 18.4 Å². The van der Waals surface area contributed by atoms with Crippen LogP contribution in [0.3, 0.4) is 0 Å². The zero-order valence-corrected chi connectivity index (χ0v) is 9.15. The van der Waals surface area contributed by atoms with Crippen molar-refractivity contribution in [1.82, 2.24) is 4.72 Å². The van der Waals surface area contributed by atoms with Crippen molar-refractivity contribution < 1.29 is 8.42 Å². The van der Waals surface area contributed by atoms with Gasteiger partial charge in [0, 0.05) is 4.70 Å². The predicted octanol–water partition coefficient (Wildman–Crippen LogP) is 1.81. The van der Waals surface area contributed by atoms with Gasteiger partial charge >= 0.3 is 0 Å². The molecule has 0 saturated heterocycles. The molecule has 0 spiro atoms. The van der Waals surface area contributed by atoms with Crippen LogP contribution in [-0.2, 0) is 10.0 Å². The Morgan fingerprint density at radius 1 is 1.29 bits per heavy atom. The summed E-state index contributed by atoms with van der Waals surface area (Å²) in [6.07, 6.45) is 0. The van der Waals surface area contributed by atoms with E-state index < -0.39 is 10.0 Å². The van der Waals surface area contributed by atoms with Crippen molar-refractivity contribution in [3.63, 3.8) is 0 Å². The van der Waals surface area contributed by atoms with Crippen molar-refractivity contribution in [2.75, 3.05) is 7.05 Å². The maximum atomic E-state index is 11.5. The molecule has 3 nitrogen and oxygen atoms in total. The Hall–Kier alpha value is -0.910. The summed E-state index contributed by atoms with van der Waals surface area (Å²) in [6, 6.07) is 9.29. The molecule has 0 unspecified atom stereocenters. The highest BCUT2D eigenvalue weighted by atomic mass is 32.2. The molecule has 0 amide bonds. The standard InChI is InChI=1S/C9H9NO2S2/c1-10-14(11,12)9-6-7-4-2-3-5-8(7)13-9/h2-6,10H,1H3. The van der Waals surface area contributed by atoms with Crippen LogP contribution in [0, 0.1) is 0 Å². The largest absolute Gasteiger partial charge is 0.249 e. The Morgan fingerprint density at radius 3 is 2.64 bits per heavy atom. The summed E-state index contributed by atoms with van der Waals surface area (Å²) in [5.74, 6) is 0. The lowest BCUT2D eigenvalue weighted by Crippen LogP contribution is -2.17. The molecule has 0 aliphatic rings. The second kappa shape index (κ2) is 3.34. The Balaban J connectivity index is 2.67. The number of hydrogen-bond donors (Lipinski definition) is 1. The maximum absolute atomic E-state index is 11.5. The predicted molar refractivity (Wildman–Crippen MR) is 58.1 cm³/mol. The fraction of sp³-hybridized carbons (Fsp3) is 0.111. The van der Waals surface area contributed by atoms with Crippen molar-refractivity contribution >= 4 is 31.4 Å². The normalized spacial score (nSPS) is 12.1. The van der Waals surface area contributed by atoms with Gasteiger partial charge in [0.15, 0.2) is 0 Å². The van der Waals surface area contributed by atoms with Gasteiger partial charge in [-0.15, -0.1) is 11.3 Å². The van der Waals surface area contributed by atoms with Crippen LogP contribution in [0.2, 0.25) is 0 Å². The smallest absolute Gasteiger partial charge is 0.214 e. The van der Waals surface area contributed by atoms with E-state index in [1.807, 2.05) is 24.3 Å². The van der Waals surface area contributed by atoms with Crippen molar-refractivity contribution in [1.29, 1.82) is 0 Å². The lowest BCUT2D eigenvalue weighted by atomic mass is 10.3. The summed E-state index contributed by atoms with van der Waals surface area (Å²) in [6.45, 7) is 0. The first-order valence-electron chi connectivity index (χ1n) is 4.05. The van der Waals surface area contributed by atoms with Crippen LogP contribution in [-0.4, -0.2) is 15.5 Å². The highest BCUT2D eigenvalue weighted by Crippen LogP contribution is 2.28. The molecular weight excluding hydrogens is 218 g/mol. The Bertz CT molecular complexity index is 524. The van der Waals surface area contributed by atoms with E-state index in [0.717, 1.165) is 10.1 Å². The number of benzene rings is 1. The zero-order valence-electron chi connectivity index (χ0n) is 7.52. The number of nitrogens with one attached hydrogen (secondary N) is 1. The number of sulfonamides is 1. The average Bonchev–Trinajstić information content (AvgIpc) is 2.61. The molecule has 74 valence electrons. The van der Waals surface area contributed by atoms with Gasteiger partial charge in [0.05, 0.1) is 0 Å². The highest BCUT2D eigenvalue weighted by molar-refractivity contribution is 7.91. The second-order valence-electron chi connectivity index (χ2n) is 2.81. The fourth-order valence-electron chi connectivity index (χ4n) is 1.19. The number of hydrogen-bond acceptors (Lipinski definition) is 3. The van der Waals surface area contributed by atoms with E-state index in [1.54, 1.807) is 6.07 Å². The van der Waals surface area contributed by atoms with Gasteiger partial charge in [-0.2, -0.15) is 0 Å². The molecule has 1 aromatic carbocycles. The molecule has 2 rings (SSSR count). The molecule has 0 aliphatic carbocycles. The molecule has 2 aromatic rings. The molecule has 0 atom stereocenters. The second-order valence-corrected chi connectivity index (χ2v) is 6.01. The van der Waals surface area contributed by atoms with E-state index in [2.05, 4.69) is 4.72 Å². The van der Waals surface area contributed by atoms with E-state index in [9.17, 15) is 8.42 Å². The summed E-state index contributed by atoms with van der Waals surface area (Å²) in [5.41, 5.74) is 0. The summed E-state index contributed by atoms with van der Waals surface area (Å²) in [4.78, 5) is 0. The first-order chi connectivity index (χ1) is 6.63. The van der Waals surface area contributed by atoms with E-state index >= 15 is 0 Å². The molecule has 5 heteroatoms. The number of thiophene rings is 1. The fourth-order valence-corrected chi connectivity index (χ4v) is 3.43. The van der Waals surface area contributed by atoms with Crippen LogP contribution < -0.4 is 4.72 Å². The molecule has 0 aliphatic heterocycles. The van der Waals surface area contributed by atoms with Crippen LogP contribution in [0.1, 0.15) is 0 Å². The first-order valence-corrected chi connectivity index (χ1v) is 6.35. The van der Waals surface area contributed by atoms with Crippen molar-refractivity contribution in [2.24, 2.45) is 0 Å². The van der Waals surface area contributed by atoms with Crippen LogP contribution in [0.25, 0.3) is 10.1 Å². The molecule has 1 N–H and O–H groups in total. The van der Waals surface area contributed by atoms with Crippen LogP contribution in [0.5, 0.6) is 0 Å². The Morgan fingerprint density at radius 2 is 2.00 bits per heavy atom. The van der Waals surface area contributed by atoms with Crippen molar-refractivity contribution in [3.05, 3.63) is 30.3 Å². The minimum absolute atomic E-state index is 0.362. The van der Waals surface area contributed by atoms with Gasteiger partial charge in [-0.3, -0.25) is 0 Å². The van der Waals surface area contributed by atoms with Crippen LogP contribution >= 0.6 is 11.3 Å². The SMILES string of the molecule is CNS(=O)(=O)c1cc2ccccc2s1.